The zero-order valence-corrected chi connectivity index (χ0v) is 11.0. The summed E-state index contributed by atoms with van der Waals surface area (Å²) >= 11 is 0. The first kappa shape index (κ1) is 14.0. The first-order valence-corrected chi connectivity index (χ1v) is 6.15. The van der Waals surface area contributed by atoms with E-state index in [1.54, 1.807) is 14.1 Å². The molecule has 1 heterocycles. The third-order valence-corrected chi connectivity index (χ3v) is 3.27. The van der Waals surface area contributed by atoms with Crippen molar-refractivity contribution in [1.82, 2.24) is 15.5 Å². The second-order valence-electron chi connectivity index (χ2n) is 5.14. The Kier molecular flexibility index (Phi) is 4.93. The predicted molar refractivity (Wildman–Crippen MR) is 66.5 cm³/mol. The minimum absolute atomic E-state index is 0.0391. The molecule has 1 fully saturated rings. The Bertz CT molecular complexity index is 283. The fraction of sp³-hybridized carbons (Fsp3) is 0.833. The van der Waals surface area contributed by atoms with Gasteiger partial charge in [-0.3, -0.25) is 9.59 Å². The predicted octanol–water partition coefficient (Wildman–Crippen LogP) is -0.0294. The molecule has 0 bridgehead atoms. The summed E-state index contributed by atoms with van der Waals surface area (Å²) < 4.78 is 0. The maximum absolute atomic E-state index is 12.0. The molecule has 0 radical (unpaired) electrons. The smallest absolute Gasteiger partial charge is 0.227 e. The molecule has 1 rings (SSSR count). The van der Waals surface area contributed by atoms with Crippen LogP contribution in [0.4, 0.5) is 0 Å². The van der Waals surface area contributed by atoms with Crippen LogP contribution in [0.3, 0.4) is 0 Å². The molecule has 1 unspecified atom stereocenters. The second-order valence-corrected chi connectivity index (χ2v) is 5.14. The van der Waals surface area contributed by atoms with Crippen molar-refractivity contribution in [2.45, 2.75) is 26.2 Å². The van der Waals surface area contributed by atoms with Gasteiger partial charge in [0, 0.05) is 33.6 Å². The van der Waals surface area contributed by atoms with Crippen LogP contribution in [-0.2, 0) is 9.59 Å². The van der Waals surface area contributed by atoms with Gasteiger partial charge in [0.15, 0.2) is 0 Å². The molecule has 2 amide bonds. The maximum atomic E-state index is 12.0. The molecule has 0 saturated carbocycles. The Morgan fingerprint density at radius 1 is 1.41 bits per heavy atom. The Balaban J connectivity index is 2.31. The van der Waals surface area contributed by atoms with E-state index in [-0.39, 0.29) is 17.2 Å². The third kappa shape index (κ3) is 4.00. The molecule has 5 heteroatoms. The summed E-state index contributed by atoms with van der Waals surface area (Å²) in [5.74, 6) is 0.0912. The number of carbonyl (C=O) groups excluding carboxylic acids is 2. The molecule has 1 aliphatic rings. The van der Waals surface area contributed by atoms with Crippen molar-refractivity contribution in [1.29, 1.82) is 0 Å². The van der Waals surface area contributed by atoms with Gasteiger partial charge in [-0.05, 0) is 26.3 Å². The quantitative estimate of drug-likeness (QED) is 0.726. The van der Waals surface area contributed by atoms with Crippen LogP contribution in [0.2, 0.25) is 0 Å². The van der Waals surface area contributed by atoms with Gasteiger partial charge in [-0.1, -0.05) is 0 Å². The van der Waals surface area contributed by atoms with Gasteiger partial charge in [-0.25, -0.2) is 0 Å². The van der Waals surface area contributed by atoms with E-state index in [2.05, 4.69) is 10.6 Å². The lowest BCUT2D eigenvalue weighted by Gasteiger charge is -2.32. The molecule has 98 valence electrons. The molecule has 2 N–H and O–H groups in total. The summed E-state index contributed by atoms with van der Waals surface area (Å²) in [4.78, 5) is 24.9. The first-order chi connectivity index (χ1) is 7.96. The summed E-state index contributed by atoms with van der Waals surface area (Å²) in [7, 11) is 3.44. The highest BCUT2D eigenvalue weighted by Gasteiger charge is 2.34. The van der Waals surface area contributed by atoms with Crippen molar-refractivity contribution in [2.75, 3.05) is 33.7 Å². The highest BCUT2D eigenvalue weighted by Crippen LogP contribution is 2.25. The van der Waals surface area contributed by atoms with E-state index in [0.29, 0.717) is 13.0 Å². The fourth-order valence-corrected chi connectivity index (χ4v) is 1.97. The van der Waals surface area contributed by atoms with E-state index < -0.39 is 0 Å². The van der Waals surface area contributed by atoms with Gasteiger partial charge in [0.25, 0.3) is 0 Å². The summed E-state index contributed by atoms with van der Waals surface area (Å²) in [6.07, 6.45) is 2.30. The van der Waals surface area contributed by atoms with Gasteiger partial charge in [-0.15, -0.1) is 0 Å². The molecule has 17 heavy (non-hydrogen) atoms. The van der Waals surface area contributed by atoms with Crippen LogP contribution in [0.5, 0.6) is 0 Å². The van der Waals surface area contributed by atoms with Crippen molar-refractivity contribution >= 4 is 11.8 Å². The lowest BCUT2D eigenvalue weighted by Crippen LogP contribution is -2.49. The van der Waals surface area contributed by atoms with Gasteiger partial charge in [0.05, 0.1) is 5.41 Å². The van der Waals surface area contributed by atoms with Crippen molar-refractivity contribution in [3.63, 3.8) is 0 Å². The molecule has 0 aromatic rings. The molecule has 1 aliphatic heterocycles. The van der Waals surface area contributed by atoms with Crippen LogP contribution in [0.15, 0.2) is 0 Å². The van der Waals surface area contributed by atoms with Gasteiger partial charge < -0.3 is 15.5 Å². The number of carbonyl (C=O) groups is 2. The number of amides is 2. The molecule has 0 aromatic heterocycles. The van der Waals surface area contributed by atoms with E-state index in [9.17, 15) is 9.59 Å². The number of piperidine rings is 1. The Morgan fingerprint density at radius 3 is 2.65 bits per heavy atom. The molecule has 0 aromatic carbocycles. The summed E-state index contributed by atoms with van der Waals surface area (Å²) in [5, 5.41) is 6.09. The fourth-order valence-electron chi connectivity index (χ4n) is 1.97. The van der Waals surface area contributed by atoms with Crippen LogP contribution >= 0.6 is 0 Å². The van der Waals surface area contributed by atoms with Crippen LogP contribution < -0.4 is 10.6 Å². The Hall–Kier alpha value is -1.10. The minimum atomic E-state index is -0.320. The van der Waals surface area contributed by atoms with Gasteiger partial charge in [0.2, 0.25) is 11.8 Å². The lowest BCUT2D eigenvalue weighted by atomic mass is 9.82. The highest BCUT2D eigenvalue weighted by atomic mass is 16.2. The molecule has 0 aliphatic carbocycles. The second kappa shape index (κ2) is 6.00. The average molecular weight is 241 g/mol. The summed E-state index contributed by atoms with van der Waals surface area (Å²) in [5.41, 5.74) is -0.320. The topological polar surface area (TPSA) is 61.4 Å². The van der Waals surface area contributed by atoms with E-state index >= 15 is 0 Å². The number of nitrogens with zero attached hydrogens (tertiary/aromatic N) is 1. The zero-order chi connectivity index (χ0) is 12.9. The van der Waals surface area contributed by atoms with Crippen LogP contribution in [0, 0.1) is 5.41 Å². The van der Waals surface area contributed by atoms with E-state index in [4.69, 9.17) is 0 Å². The van der Waals surface area contributed by atoms with E-state index in [0.717, 1.165) is 25.9 Å². The first-order valence-electron chi connectivity index (χ1n) is 6.15. The van der Waals surface area contributed by atoms with Crippen molar-refractivity contribution in [2.24, 2.45) is 5.41 Å². The monoisotopic (exact) mass is 241 g/mol. The number of hydrogen-bond acceptors (Lipinski definition) is 3. The molecular formula is C12H23N3O2. The van der Waals surface area contributed by atoms with E-state index in [1.165, 1.54) is 4.90 Å². The summed E-state index contributed by atoms with van der Waals surface area (Å²) in [6.45, 7) is 4.11. The number of rotatable bonds is 4. The normalized spacial score (nSPS) is 24.2. The van der Waals surface area contributed by atoms with E-state index in [1.807, 2.05) is 6.92 Å². The molecule has 1 atom stereocenters. The van der Waals surface area contributed by atoms with Crippen molar-refractivity contribution in [3.05, 3.63) is 0 Å². The molecule has 1 saturated heterocycles. The van der Waals surface area contributed by atoms with Gasteiger partial charge in [-0.2, -0.15) is 0 Å². The SMILES string of the molecule is CN(C)C(=O)CCNC(=O)C1(C)CCCNC1. The lowest BCUT2D eigenvalue weighted by molar-refractivity contribution is -0.131. The van der Waals surface area contributed by atoms with Crippen LogP contribution in [0.1, 0.15) is 26.2 Å². The Labute approximate surface area is 103 Å². The van der Waals surface area contributed by atoms with Gasteiger partial charge in [0.1, 0.15) is 0 Å². The van der Waals surface area contributed by atoms with Gasteiger partial charge >= 0.3 is 0 Å². The maximum Gasteiger partial charge on any atom is 0.227 e. The molecular weight excluding hydrogens is 218 g/mol. The minimum Gasteiger partial charge on any atom is -0.355 e. The molecule has 0 spiro atoms. The third-order valence-electron chi connectivity index (χ3n) is 3.27. The number of hydrogen-bond donors (Lipinski definition) is 2. The van der Waals surface area contributed by atoms with Crippen LogP contribution in [-0.4, -0.2) is 50.4 Å². The van der Waals surface area contributed by atoms with Crippen molar-refractivity contribution < 1.29 is 9.59 Å². The van der Waals surface area contributed by atoms with Crippen LogP contribution in [0.25, 0.3) is 0 Å². The zero-order valence-electron chi connectivity index (χ0n) is 11.0. The molecule has 5 nitrogen and oxygen atoms in total. The number of nitrogens with one attached hydrogen (secondary N) is 2. The average Bonchev–Trinajstić information content (AvgIpc) is 2.29. The highest BCUT2D eigenvalue weighted by molar-refractivity contribution is 5.83. The summed E-state index contributed by atoms with van der Waals surface area (Å²) in [6, 6.07) is 0. The van der Waals surface area contributed by atoms with Crippen molar-refractivity contribution in [3.8, 4) is 0 Å². The Morgan fingerprint density at radius 2 is 2.12 bits per heavy atom. The largest absolute Gasteiger partial charge is 0.355 e. The standard InChI is InChI=1S/C12H23N3O2/c1-12(6-4-7-13-9-12)11(17)14-8-5-10(16)15(2)3/h13H,4-9H2,1-3H3,(H,14,17).